The first-order valence-corrected chi connectivity index (χ1v) is 8.36. The fourth-order valence-electron chi connectivity index (χ4n) is 2.97. The van der Waals surface area contributed by atoms with Crippen molar-refractivity contribution in [2.45, 2.75) is 6.54 Å². The van der Waals surface area contributed by atoms with Crippen LogP contribution in [-0.4, -0.2) is 14.5 Å². The zero-order valence-corrected chi connectivity index (χ0v) is 14.1. The molecule has 4 heteroatoms. The van der Waals surface area contributed by atoms with Gasteiger partial charge in [0.05, 0.1) is 23.9 Å². The van der Waals surface area contributed by atoms with Crippen molar-refractivity contribution in [3.8, 4) is 28.7 Å². The smallest absolute Gasteiger partial charge is 0.140 e. The Bertz CT molecular complexity index is 1060. The summed E-state index contributed by atoms with van der Waals surface area (Å²) in [5.41, 5.74) is 4.73. The summed E-state index contributed by atoms with van der Waals surface area (Å²) in [6.07, 6.45) is 5.52. The van der Waals surface area contributed by atoms with Crippen LogP contribution in [0.15, 0.2) is 85.3 Å². The Morgan fingerprint density at radius 2 is 1.58 bits per heavy atom. The van der Waals surface area contributed by atoms with Crippen LogP contribution in [0.5, 0.6) is 0 Å². The van der Waals surface area contributed by atoms with E-state index in [4.69, 9.17) is 0 Å². The average molecular weight is 336 g/mol. The van der Waals surface area contributed by atoms with Crippen LogP contribution in [0.1, 0.15) is 11.1 Å². The van der Waals surface area contributed by atoms with Gasteiger partial charge in [-0.15, -0.1) is 0 Å². The molecule has 0 spiro atoms. The van der Waals surface area contributed by atoms with Crippen LogP contribution in [0.3, 0.4) is 0 Å². The number of rotatable bonds is 4. The van der Waals surface area contributed by atoms with Gasteiger partial charge in [-0.25, -0.2) is 4.98 Å². The van der Waals surface area contributed by atoms with Crippen LogP contribution in [0.2, 0.25) is 0 Å². The van der Waals surface area contributed by atoms with E-state index in [0.29, 0.717) is 12.1 Å². The fourth-order valence-corrected chi connectivity index (χ4v) is 2.97. The first-order valence-electron chi connectivity index (χ1n) is 8.36. The van der Waals surface area contributed by atoms with Gasteiger partial charge in [0.15, 0.2) is 0 Å². The van der Waals surface area contributed by atoms with Gasteiger partial charge in [-0.3, -0.25) is 4.98 Å². The molecule has 4 nitrogen and oxygen atoms in total. The molecular formula is C22H16N4. The number of nitriles is 1. The van der Waals surface area contributed by atoms with Crippen LogP contribution >= 0.6 is 0 Å². The molecule has 26 heavy (non-hydrogen) atoms. The van der Waals surface area contributed by atoms with Gasteiger partial charge in [0.2, 0.25) is 0 Å². The van der Waals surface area contributed by atoms with Crippen LogP contribution in [-0.2, 0) is 6.54 Å². The second-order valence-corrected chi connectivity index (χ2v) is 5.94. The molecule has 0 saturated carbocycles. The lowest BCUT2D eigenvalue weighted by molar-refractivity contribution is 0.805. The summed E-state index contributed by atoms with van der Waals surface area (Å²) in [4.78, 5) is 8.89. The van der Waals surface area contributed by atoms with E-state index in [1.165, 1.54) is 0 Å². The van der Waals surface area contributed by atoms with E-state index in [1.807, 2.05) is 48.7 Å². The number of imidazole rings is 1. The molecule has 0 bridgehead atoms. The Morgan fingerprint density at radius 3 is 2.35 bits per heavy atom. The average Bonchev–Trinajstić information content (AvgIpc) is 3.17. The molecule has 0 radical (unpaired) electrons. The Hall–Kier alpha value is -3.71. The third-order valence-corrected chi connectivity index (χ3v) is 4.30. The van der Waals surface area contributed by atoms with E-state index in [1.54, 1.807) is 12.4 Å². The minimum atomic E-state index is 0.612. The van der Waals surface area contributed by atoms with Gasteiger partial charge in [0.25, 0.3) is 0 Å². The third-order valence-electron chi connectivity index (χ3n) is 4.30. The first-order chi connectivity index (χ1) is 12.8. The maximum Gasteiger partial charge on any atom is 0.140 e. The zero-order valence-electron chi connectivity index (χ0n) is 14.1. The zero-order chi connectivity index (χ0) is 17.8. The fraction of sp³-hybridized carbons (Fsp3) is 0.0455. The van der Waals surface area contributed by atoms with E-state index in [0.717, 1.165) is 28.2 Å². The highest BCUT2D eigenvalue weighted by atomic mass is 15.1. The predicted octanol–water partition coefficient (Wildman–Crippen LogP) is 4.53. The molecule has 124 valence electrons. The summed E-state index contributed by atoms with van der Waals surface area (Å²) < 4.78 is 2.06. The molecule has 2 aromatic heterocycles. The molecule has 2 heterocycles. The van der Waals surface area contributed by atoms with E-state index in [2.05, 4.69) is 44.9 Å². The van der Waals surface area contributed by atoms with E-state index in [9.17, 15) is 5.26 Å². The van der Waals surface area contributed by atoms with Crippen LogP contribution in [0.4, 0.5) is 0 Å². The minimum absolute atomic E-state index is 0.612. The number of benzene rings is 2. The third kappa shape index (κ3) is 3.11. The molecule has 0 aliphatic carbocycles. The summed E-state index contributed by atoms with van der Waals surface area (Å²) in [6.45, 7) is 0.612. The molecule has 0 amide bonds. The van der Waals surface area contributed by atoms with Crippen molar-refractivity contribution < 1.29 is 0 Å². The standard InChI is InChI=1S/C22H16N4/c23-15-19-5-1-2-6-20(19)16-26-14-13-25-22(26)18-10-8-17(9-11-18)21-7-3-4-12-24-21/h1-14H,16H2. The highest BCUT2D eigenvalue weighted by molar-refractivity contribution is 5.65. The number of nitrogens with zero attached hydrogens (tertiary/aromatic N) is 4. The van der Waals surface area contributed by atoms with Gasteiger partial charge in [0, 0.05) is 29.7 Å². The summed E-state index contributed by atoms with van der Waals surface area (Å²) in [5, 5.41) is 9.29. The number of aromatic nitrogens is 3. The highest BCUT2D eigenvalue weighted by Crippen LogP contribution is 2.23. The topological polar surface area (TPSA) is 54.5 Å². The molecule has 2 aromatic carbocycles. The largest absolute Gasteiger partial charge is 0.327 e. The number of hydrogen-bond donors (Lipinski definition) is 0. The molecule has 0 fully saturated rings. The van der Waals surface area contributed by atoms with Crippen molar-refractivity contribution in [1.82, 2.24) is 14.5 Å². The SMILES string of the molecule is N#Cc1ccccc1Cn1ccnc1-c1ccc(-c2ccccn2)cc1. The number of pyridine rings is 1. The van der Waals surface area contributed by atoms with Crippen molar-refractivity contribution in [2.75, 3.05) is 0 Å². The Morgan fingerprint density at radius 1 is 0.808 bits per heavy atom. The monoisotopic (exact) mass is 336 g/mol. The van der Waals surface area contributed by atoms with Gasteiger partial charge in [-0.2, -0.15) is 5.26 Å². The van der Waals surface area contributed by atoms with Crippen LogP contribution in [0, 0.1) is 11.3 Å². The molecule has 0 saturated heterocycles. The quantitative estimate of drug-likeness (QED) is 0.550. The number of hydrogen-bond acceptors (Lipinski definition) is 3. The summed E-state index contributed by atoms with van der Waals surface area (Å²) >= 11 is 0. The van der Waals surface area contributed by atoms with Crippen LogP contribution < -0.4 is 0 Å². The Labute approximate surface area is 152 Å². The second kappa shape index (κ2) is 7.04. The highest BCUT2D eigenvalue weighted by Gasteiger charge is 2.09. The predicted molar refractivity (Wildman–Crippen MR) is 101 cm³/mol. The molecule has 0 aliphatic rings. The molecule has 4 rings (SSSR count). The summed E-state index contributed by atoms with van der Waals surface area (Å²) in [5.74, 6) is 0.880. The molecular weight excluding hydrogens is 320 g/mol. The summed E-state index contributed by atoms with van der Waals surface area (Å²) in [7, 11) is 0. The van der Waals surface area contributed by atoms with Crippen molar-refractivity contribution in [2.24, 2.45) is 0 Å². The van der Waals surface area contributed by atoms with Crippen LogP contribution in [0.25, 0.3) is 22.6 Å². The van der Waals surface area contributed by atoms with E-state index in [-0.39, 0.29) is 0 Å². The molecule has 0 N–H and O–H groups in total. The molecule has 0 aliphatic heterocycles. The molecule has 0 unspecified atom stereocenters. The molecule has 0 atom stereocenters. The van der Waals surface area contributed by atoms with E-state index < -0.39 is 0 Å². The normalized spacial score (nSPS) is 10.4. The first kappa shape index (κ1) is 15.8. The maximum absolute atomic E-state index is 9.29. The van der Waals surface area contributed by atoms with Crippen molar-refractivity contribution in [1.29, 1.82) is 5.26 Å². The van der Waals surface area contributed by atoms with Crippen molar-refractivity contribution in [3.63, 3.8) is 0 Å². The summed E-state index contributed by atoms with van der Waals surface area (Å²) in [6, 6.07) is 24.0. The van der Waals surface area contributed by atoms with Crippen molar-refractivity contribution in [3.05, 3.63) is 96.4 Å². The second-order valence-electron chi connectivity index (χ2n) is 5.94. The van der Waals surface area contributed by atoms with Gasteiger partial charge in [0.1, 0.15) is 5.82 Å². The maximum atomic E-state index is 9.29. The van der Waals surface area contributed by atoms with Gasteiger partial charge < -0.3 is 4.57 Å². The minimum Gasteiger partial charge on any atom is -0.327 e. The lowest BCUT2D eigenvalue weighted by Gasteiger charge is -2.10. The Balaban J connectivity index is 1.64. The van der Waals surface area contributed by atoms with Gasteiger partial charge >= 0.3 is 0 Å². The molecule has 4 aromatic rings. The van der Waals surface area contributed by atoms with E-state index >= 15 is 0 Å². The van der Waals surface area contributed by atoms with Gasteiger partial charge in [-0.1, -0.05) is 48.5 Å². The van der Waals surface area contributed by atoms with Crippen molar-refractivity contribution >= 4 is 0 Å². The van der Waals surface area contributed by atoms with Gasteiger partial charge in [-0.05, 0) is 23.8 Å². The Kier molecular flexibility index (Phi) is 4.28. The lowest BCUT2D eigenvalue weighted by atomic mass is 10.1. The lowest BCUT2D eigenvalue weighted by Crippen LogP contribution is -2.03.